The van der Waals surface area contributed by atoms with Gasteiger partial charge in [0, 0.05) is 10.0 Å². The molecule has 0 saturated carbocycles. The third-order valence-electron chi connectivity index (χ3n) is 2.21. The van der Waals surface area contributed by atoms with E-state index in [0.29, 0.717) is 34.7 Å². The number of benzene rings is 1. The van der Waals surface area contributed by atoms with Crippen LogP contribution >= 0.6 is 15.9 Å². The number of hydrogen-bond donors (Lipinski definition) is 1. The highest BCUT2D eigenvalue weighted by Crippen LogP contribution is 2.33. The Hall–Kier alpha value is -1.76. The summed E-state index contributed by atoms with van der Waals surface area (Å²) in [5, 5.41) is 11.6. The first-order chi connectivity index (χ1) is 9.62. The highest BCUT2D eigenvalue weighted by molar-refractivity contribution is 9.10. The summed E-state index contributed by atoms with van der Waals surface area (Å²) < 4.78 is 16.2. The zero-order valence-electron chi connectivity index (χ0n) is 11.3. The van der Waals surface area contributed by atoms with E-state index in [2.05, 4.69) is 21.1 Å². The molecule has 0 aliphatic heterocycles. The summed E-state index contributed by atoms with van der Waals surface area (Å²) in [6.07, 6.45) is 1.27. The number of ether oxygens (including phenoxy) is 3. The molecule has 0 heterocycles. The van der Waals surface area contributed by atoms with Crippen molar-refractivity contribution in [2.75, 3.05) is 19.8 Å². The minimum absolute atomic E-state index is 0.201. The van der Waals surface area contributed by atoms with Crippen molar-refractivity contribution in [3.63, 3.8) is 0 Å². The summed E-state index contributed by atoms with van der Waals surface area (Å²) >= 11 is 3.32. The lowest BCUT2D eigenvalue weighted by Gasteiger charge is -2.13. The molecule has 0 aliphatic rings. The van der Waals surface area contributed by atoms with E-state index in [4.69, 9.17) is 19.4 Å². The molecule has 0 unspecified atom stereocenters. The fourth-order valence-corrected chi connectivity index (χ4v) is 1.86. The van der Waals surface area contributed by atoms with E-state index < -0.39 is 5.97 Å². The van der Waals surface area contributed by atoms with E-state index in [0.717, 1.165) is 0 Å². The Morgan fingerprint density at radius 3 is 2.60 bits per heavy atom. The van der Waals surface area contributed by atoms with Gasteiger partial charge in [0.25, 0.3) is 0 Å². The smallest absolute Gasteiger partial charge is 0.344 e. The van der Waals surface area contributed by atoms with Crippen molar-refractivity contribution in [1.29, 1.82) is 0 Å². The molecule has 1 aromatic carbocycles. The lowest BCUT2D eigenvalue weighted by Crippen LogP contribution is -2.15. The van der Waals surface area contributed by atoms with Crippen LogP contribution in [-0.2, 0) is 9.53 Å². The maximum Gasteiger partial charge on any atom is 0.344 e. The largest absolute Gasteiger partial charge is 0.490 e. The summed E-state index contributed by atoms with van der Waals surface area (Å²) in [6, 6.07) is 3.29. The molecule has 1 aromatic rings. The predicted molar refractivity (Wildman–Crippen MR) is 76.8 cm³/mol. The minimum Gasteiger partial charge on any atom is -0.490 e. The van der Waals surface area contributed by atoms with Crippen LogP contribution in [0.4, 0.5) is 0 Å². The molecule has 7 heteroatoms. The number of nitrogens with zero attached hydrogens (tertiary/aromatic N) is 1. The van der Waals surface area contributed by atoms with Crippen LogP contribution in [0.5, 0.6) is 11.5 Å². The number of hydrogen-bond acceptors (Lipinski definition) is 6. The van der Waals surface area contributed by atoms with Gasteiger partial charge in [-0.1, -0.05) is 5.16 Å². The second-order valence-electron chi connectivity index (χ2n) is 3.59. The van der Waals surface area contributed by atoms with E-state index in [-0.39, 0.29) is 6.61 Å². The van der Waals surface area contributed by atoms with E-state index in [1.165, 1.54) is 6.21 Å². The zero-order chi connectivity index (χ0) is 15.0. The highest BCUT2D eigenvalue weighted by Gasteiger charge is 2.12. The first kappa shape index (κ1) is 16.3. The molecule has 0 bridgehead atoms. The van der Waals surface area contributed by atoms with Gasteiger partial charge >= 0.3 is 5.97 Å². The van der Waals surface area contributed by atoms with Crippen molar-refractivity contribution in [1.82, 2.24) is 0 Å². The molecule has 0 aromatic heterocycles. The Morgan fingerprint density at radius 2 is 2.00 bits per heavy atom. The van der Waals surface area contributed by atoms with Crippen LogP contribution in [-0.4, -0.2) is 37.2 Å². The van der Waals surface area contributed by atoms with Crippen LogP contribution in [0.1, 0.15) is 19.4 Å². The summed E-state index contributed by atoms with van der Waals surface area (Å²) in [4.78, 5) is 11.3. The quantitative estimate of drug-likeness (QED) is 0.355. The molecule has 110 valence electrons. The van der Waals surface area contributed by atoms with Gasteiger partial charge in [-0.15, -0.1) is 0 Å². The number of carbonyl (C=O) groups is 1. The molecule has 0 aliphatic carbocycles. The number of halogens is 1. The molecule has 0 radical (unpaired) electrons. The summed E-state index contributed by atoms with van der Waals surface area (Å²) in [5.74, 6) is 0.406. The van der Waals surface area contributed by atoms with Crippen molar-refractivity contribution >= 4 is 28.1 Å². The fourth-order valence-electron chi connectivity index (χ4n) is 1.43. The zero-order valence-corrected chi connectivity index (χ0v) is 12.8. The molecule has 1 rings (SSSR count). The van der Waals surface area contributed by atoms with E-state index in [1.807, 2.05) is 6.92 Å². The van der Waals surface area contributed by atoms with Crippen molar-refractivity contribution in [3.05, 3.63) is 22.2 Å². The third-order valence-corrected chi connectivity index (χ3v) is 2.90. The molecule has 0 saturated heterocycles. The van der Waals surface area contributed by atoms with E-state index >= 15 is 0 Å². The van der Waals surface area contributed by atoms with Gasteiger partial charge in [-0.3, -0.25) is 0 Å². The van der Waals surface area contributed by atoms with Gasteiger partial charge in [0.2, 0.25) is 0 Å². The minimum atomic E-state index is -0.452. The normalized spacial score (nSPS) is 10.6. The first-order valence-corrected chi connectivity index (χ1v) is 6.83. The predicted octanol–water partition coefficient (Wildman–Crippen LogP) is 2.60. The average Bonchev–Trinajstić information content (AvgIpc) is 2.41. The Kier molecular flexibility index (Phi) is 6.86. The van der Waals surface area contributed by atoms with Gasteiger partial charge < -0.3 is 19.4 Å². The number of carbonyl (C=O) groups excluding carboxylic acids is 1. The number of oxime groups is 1. The number of esters is 1. The van der Waals surface area contributed by atoms with Crippen molar-refractivity contribution < 1.29 is 24.2 Å². The molecule has 0 fully saturated rings. The second-order valence-corrected chi connectivity index (χ2v) is 4.45. The molecular formula is C13H16BrNO5. The van der Waals surface area contributed by atoms with Gasteiger partial charge in [0.15, 0.2) is 18.1 Å². The third kappa shape index (κ3) is 4.73. The van der Waals surface area contributed by atoms with Crippen LogP contribution < -0.4 is 9.47 Å². The Bertz CT molecular complexity index is 490. The molecule has 20 heavy (non-hydrogen) atoms. The lowest BCUT2D eigenvalue weighted by molar-refractivity contribution is -0.145. The second kappa shape index (κ2) is 8.42. The highest BCUT2D eigenvalue weighted by atomic mass is 79.9. The van der Waals surface area contributed by atoms with Crippen molar-refractivity contribution in [2.45, 2.75) is 13.8 Å². The van der Waals surface area contributed by atoms with E-state index in [9.17, 15) is 4.79 Å². The fraction of sp³-hybridized carbons (Fsp3) is 0.385. The monoisotopic (exact) mass is 345 g/mol. The summed E-state index contributed by atoms with van der Waals surface area (Å²) in [7, 11) is 0. The molecule has 6 nitrogen and oxygen atoms in total. The standard InChI is InChI=1S/C13H16BrNO5/c1-3-18-11-5-9(7-15-17)10(14)6-12(11)20-8-13(16)19-4-2/h5-7,17H,3-4,8H2,1-2H3/b15-7-. The van der Waals surface area contributed by atoms with Crippen molar-refractivity contribution in [3.8, 4) is 11.5 Å². The summed E-state index contributed by atoms with van der Waals surface area (Å²) in [5.41, 5.74) is 0.624. The molecule has 0 amide bonds. The molecular weight excluding hydrogens is 330 g/mol. The topological polar surface area (TPSA) is 77.4 Å². The van der Waals surface area contributed by atoms with Gasteiger partial charge in [0.1, 0.15) is 0 Å². The summed E-state index contributed by atoms with van der Waals surface area (Å²) in [6.45, 7) is 4.09. The van der Waals surface area contributed by atoms with Crippen molar-refractivity contribution in [2.24, 2.45) is 5.16 Å². The lowest BCUT2D eigenvalue weighted by atomic mass is 10.2. The molecule has 0 atom stereocenters. The maximum atomic E-state index is 11.3. The molecule has 0 spiro atoms. The van der Waals surface area contributed by atoms with Crippen LogP contribution in [0.25, 0.3) is 0 Å². The van der Waals surface area contributed by atoms with Crippen LogP contribution in [0, 0.1) is 0 Å². The van der Waals surface area contributed by atoms with Gasteiger partial charge in [-0.2, -0.15) is 0 Å². The van der Waals surface area contributed by atoms with E-state index in [1.54, 1.807) is 19.1 Å². The number of rotatable bonds is 7. The van der Waals surface area contributed by atoms with Crippen LogP contribution in [0.3, 0.4) is 0 Å². The maximum absolute atomic E-state index is 11.3. The molecule has 1 N–H and O–H groups in total. The van der Waals surface area contributed by atoms with Crippen LogP contribution in [0.2, 0.25) is 0 Å². The SMILES string of the molecule is CCOC(=O)COc1cc(Br)c(/C=N\O)cc1OCC. The average molecular weight is 346 g/mol. The first-order valence-electron chi connectivity index (χ1n) is 6.04. The Balaban J connectivity index is 2.93. The van der Waals surface area contributed by atoms with Gasteiger partial charge in [0.05, 0.1) is 19.4 Å². The van der Waals surface area contributed by atoms with Crippen LogP contribution in [0.15, 0.2) is 21.8 Å². The van der Waals surface area contributed by atoms with Gasteiger partial charge in [-0.25, -0.2) is 4.79 Å². The Morgan fingerprint density at radius 1 is 1.30 bits per heavy atom. The van der Waals surface area contributed by atoms with Gasteiger partial charge in [-0.05, 0) is 41.9 Å². The Labute approximate surface area is 125 Å².